The normalized spacial score (nSPS) is 15.0. The van der Waals surface area contributed by atoms with E-state index in [1.54, 1.807) is 23.7 Å². The molecule has 2 amide bonds. The second kappa shape index (κ2) is 12.1. The Morgan fingerprint density at radius 1 is 1.10 bits per heavy atom. The highest BCUT2D eigenvalue weighted by molar-refractivity contribution is 7.90. The monoisotopic (exact) mass is 572 g/mol. The highest BCUT2D eigenvalue weighted by Crippen LogP contribution is 2.37. The minimum Gasteiger partial charge on any atom is -0.361 e. The predicted octanol–water partition coefficient (Wildman–Crippen LogP) is 4.24. The number of benzene rings is 3. The quantitative estimate of drug-likeness (QED) is 0.128. The molecule has 0 bridgehead atoms. The number of nitrogens with one attached hydrogen (secondary N) is 3. The number of sulfonamides is 1. The molecule has 1 aliphatic carbocycles. The smallest absolute Gasteiger partial charge is 0.267 e. The van der Waals surface area contributed by atoms with Gasteiger partial charge in [-0.25, -0.2) is 18.6 Å². The lowest BCUT2D eigenvalue weighted by Gasteiger charge is -2.30. The van der Waals surface area contributed by atoms with Crippen molar-refractivity contribution in [2.45, 2.75) is 43.7 Å². The van der Waals surface area contributed by atoms with Gasteiger partial charge in [0.25, 0.3) is 15.9 Å². The zero-order chi connectivity index (χ0) is 29.0. The summed E-state index contributed by atoms with van der Waals surface area (Å²) in [6.45, 7) is 2.44. The van der Waals surface area contributed by atoms with Gasteiger partial charge in [0.1, 0.15) is 0 Å². The molecule has 1 atom stereocenters. The van der Waals surface area contributed by atoms with Gasteiger partial charge in [-0.3, -0.25) is 19.7 Å². The summed E-state index contributed by atoms with van der Waals surface area (Å²) in [5, 5.41) is 9.94. The molecule has 3 aromatic carbocycles. The first kappa shape index (κ1) is 28.3. The second-order valence-electron chi connectivity index (χ2n) is 10.2. The van der Waals surface area contributed by atoms with Crippen LogP contribution in [-0.2, 0) is 39.0 Å². The Morgan fingerprint density at radius 3 is 2.73 bits per heavy atom. The van der Waals surface area contributed by atoms with Crippen molar-refractivity contribution in [2.24, 2.45) is 0 Å². The van der Waals surface area contributed by atoms with Crippen LogP contribution in [0, 0.1) is 0 Å². The molecule has 0 saturated heterocycles. The second-order valence-corrected chi connectivity index (χ2v) is 11.9. The highest BCUT2D eigenvalue weighted by Gasteiger charge is 2.28. The van der Waals surface area contributed by atoms with Gasteiger partial charge in [-0.05, 0) is 71.4 Å². The number of para-hydroxylation sites is 1. The minimum absolute atomic E-state index is 0.0527. The molecule has 0 radical (unpaired) electrons. The molecule has 0 aliphatic heterocycles. The zero-order valence-electron chi connectivity index (χ0n) is 22.6. The molecule has 5 rings (SSSR count). The minimum atomic E-state index is -3.95. The van der Waals surface area contributed by atoms with Crippen LogP contribution in [0.2, 0.25) is 0 Å². The summed E-state index contributed by atoms with van der Waals surface area (Å²) in [6, 6.07) is 21.1. The lowest BCUT2D eigenvalue weighted by atomic mass is 10.0. The molecular weight excluding hydrogens is 540 g/mol. The van der Waals surface area contributed by atoms with Crippen LogP contribution in [-0.4, -0.2) is 41.9 Å². The molecule has 1 heterocycles. The van der Waals surface area contributed by atoms with E-state index in [9.17, 15) is 18.0 Å². The number of aromatic nitrogens is 1. The van der Waals surface area contributed by atoms with Gasteiger partial charge in [-0.2, -0.15) is 0 Å². The molecule has 9 nitrogen and oxygen atoms in total. The number of hydrogen-bond acceptors (Lipinski definition) is 6. The molecule has 212 valence electrons. The van der Waals surface area contributed by atoms with Crippen molar-refractivity contribution in [1.82, 2.24) is 20.1 Å². The van der Waals surface area contributed by atoms with Gasteiger partial charge in [0, 0.05) is 49.2 Å². The fourth-order valence-corrected chi connectivity index (χ4v) is 6.61. The van der Waals surface area contributed by atoms with Crippen LogP contribution >= 0.6 is 0 Å². The van der Waals surface area contributed by atoms with Gasteiger partial charge in [0.15, 0.2) is 0 Å². The molecule has 0 fully saturated rings. The topological polar surface area (TPSA) is 132 Å². The van der Waals surface area contributed by atoms with E-state index < -0.39 is 21.8 Å². The van der Waals surface area contributed by atoms with Crippen LogP contribution < -0.4 is 10.2 Å². The fraction of sp³-hybridized carbons (Fsp3) is 0.226. The SMILES string of the molecule is CC(=O)NS(=O)(=O)c1cccc(CN(CCc2c[nH]c3ccccc23)C2CCc3cc(C=CC(=O)NO)ccc32)c1. The van der Waals surface area contributed by atoms with E-state index in [0.29, 0.717) is 6.54 Å². The molecular formula is C31H32N4O5S. The molecule has 10 heteroatoms. The number of rotatable bonds is 10. The van der Waals surface area contributed by atoms with Crippen LogP contribution in [0.15, 0.2) is 83.9 Å². The third kappa shape index (κ3) is 6.57. The first-order chi connectivity index (χ1) is 19.7. The number of H-pyrrole nitrogens is 1. The van der Waals surface area contributed by atoms with Crippen molar-refractivity contribution in [3.8, 4) is 0 Å². The summed E-state index contributed by atoms with van der Waals surface area (Å²) in [5.41, 5.74) is 8.00. The van der Waals surface area contributed by atoms with Gasteiger partial charge in [0.2, 0.25) is 5.91 Å². The Balaban J connectivity index is 1.43. The van der Waals surface area contributed by atoms with Crippen molar-refractivity contribution in [2.75, 3.05) is 6.54 Å². The van der Waals surface area contributed by atoms with Crippen LogP contribution in [0.1, 0.15) is 47.2 Å². The zero-order valence-corrected chi connectivity index (χ0v) is 23.4. The number of carbonyl (C=O) groups is 2. The summed E-state index contributed by atoms with van der Waals surface area (Å²) in [5.74, 6) is -1.22. The molecule has 4 aromatic rings. The maximum Gasteiger partial charge on any atom is 0.267 e. The van der Waals surface area contributed by atoms with Crippen molar-refractivity contribution < 1.29 is 23.2 Å². The number of aryl methyl sites for hydroxylation is 1. The number of amides is 2. The van der Waals surface area contributed by atoms with E-state index in [4.69, 9.17) is 5.21 Å². The van der Waals surface area contributed by atoms with E-state index in [1.165, 1.54) is 41.1 Å². The van der Waals surface area contributed by atoms with E-state index in [1.807, 2.05) is 35.2 Å². The lowest BCUT2D eigenvalue weighted by molar-refractivity contribution is -0.124. The van der Waals surface area contributed by atoms with Gasteiger partial charge >= 0.3 is 0 Å². The van der Waals surface area contributed by atoms with Gasteiger partial charge in [-0.1, -0.05) is 48.5 Å². The Hall–Kier alpha value is -4.25. The first-order valence-electron chi connectivity index (χ1n) is 13.4. The fourth-order valence-electron chi connectivity index (χ4n) is 5.55. The van der Waals surface area contributed by atoms with Crippen molar-refractivity contribution in [3.63, 3.8) is 0 Å². The summed E-state index contributed by atoms with van der Waals surface area (Å²) in [4.78, 5) is 28.6. The lowest BCUT2D eigenvalue weighted by Crippen LogP contribution is -2.30. The molecule has 1 aliphatic rings. The molecule has 4 N–H and O–H groups in total. The largest absolute Gasteiger partial charge is 0.361 e. The number of aromatic amines is 1. The molecule has 1 aromatic heterocycles. The maximum atomic E-state index is 12.7. The summed E-state index contributed by atoms with van der Waals surface area (Å²) < 4.78 is 27.4. The van der Waals surface area contributed by atoms with Crippen LogP contribution in [0.5, 0.6) is 0 Å². The van der Waals surface area contributed by atoms with Crippen LogP contribution in [0.25, 0.3) is 17.0 Å². The summed E-state index contributed by atoms with van der Waals surface area (Å²) in [7, 11) is -3.95. The molecule has 0 saturated carbocycles. The van der Waals surface area contributed by atoms with Crippen molar-refractivity contribution in [3.05, 3.63) is 107 Å². The van der Waals surface area contributed by atoms with E-state index in [-0.39, 0.29) is 10.9 Å². The molecule has 0 spiro atoms. The number of carbonyl (C=O) groups excluding carboxylic acids is 2. The van der Waals surface area contributed by atoms with Gasteiger partial charge in [0.05, 0.1) is 4.90 Å². The van der Waals surface area contributed by atoms with Crippen LogP contribution in [0.4, 0.5) is 0 Å². The standard InChI is InChI=1S/C31H32N4O5S/c1-21(36)34-41(39,40)26-6-4-5-23(18-26)20-35(16-15-25-19-32-29-8-3-2-7-27(25)29)30-13-11-24-17-22(9-12-28(24)30)10-14-31(37)33-38/h2-10,12,14,17-19,30,32,38H,11,13,15-16,20H2,1H3,(H,33,37)(H,34,36). The maximum absolute atomic E-state index is 12.7. The summed E-state index contributed by atoms with van der Waals surface area (Å²) >= 11 is 0. The van der Waals surface area contributed by atoms with Crippen molar-refractivity contribution >= 4 is 38.8 Å². The van der Waals surface area contributed by atoms with E-state index in [2.05, 4.69) is 34.1 Å². The van der Waals surface area contributed by atoms with E-state index in [0.717, 1.165) is 42.5 Å². The van der Waals surface area contributed by atoms with Crippen molar-refractivity contribution in [1.29, 1.82) is 0 Å². The molecule has 41 heavy (non-hydrogen) atoms. The number of hydrogen-bond donors (Lipinski definition) is 4. The highest BCUT2D eigenvalue weighted by atomic mass is 32.2. The average molecular weight is 573 g/mol. The van der Waals surface area contributed by atoms with E-state index >= 15 is 0 Å². The summed E-state index contributed by atoms with van der Waals surface area (Å²) in [6.07, 6.45) is 7.56. The number of hydroxylamine groups is 1. The molecule has 1 unspecified atom stereocenters. The van der Waals surface area contributed by atoms with Crippen LogP contribution in [0.3, 0.4) is 0 Å². The average Bonchev–Trinajstić information content (AvgIpc) is 3.57. The number of nitrogens with zero attached hydrogens (tertiary/aromatic N) is 1. The Labute approximate surface area is 238 Å². The predicted molar refractivity (Wildman–Crippen MR) is 156 cm³/mol. The first-order valence-corrected chi connectivity index (χ1v) is 14.9. The Kier molecular flexibility index (Phi) is 8.34. The Morgan fingerprint density at radius 2 is 1.93 bits per heavy atom. The third-order valence-electron chi connectivity index (χ3n) is 7.41. The van der Waals surface area contributed by atoms with Gasteiger partial charge in [-0.15, -0.1) is 0 Å². The third-order valence-corrected chi connectivity index (χ3v) is 8.84. The van der Waals surface area contributed by atoms with Gasteiger partial charge < -0.3 is 4.98 Å². The number of fused-ring (bicyclic) bond motifs is 2. The Bertz CT molecular complexity index is 1730.